The van der Waals surface area contributed by atoms with Crippen LogP contribution in [-0.2, 0) is 6.42 Å². The minimum atomic E-state index is -0.265. The molecule has 1 aromatic carbocycles. The van der Waals surface area contributed by atoms with Crippen molar-refractivity contribution in [1.82, 2.24) is 10.2 Å². The first-order valence-corrected chi connectivity index (χ1v) is 7.05. The SMILES string of the molecule is COc1ccc(CCCN2CCCNCC2)cc1F. The largest absolute Gasteiger partial charge is 0.494 e. The van der Waals surface area contributed by atoms with Crippen LogP contribution in [0.15, 0.2) is 18.2 Å². The summed E-state index contributed by atoms with van der Waals surface area (Å²) in [4.78, 5) is 2.49. The Morgan fingerprint density at radius 3 is 3.00 bits per heavy atom. The molecule has 0 radical (unpaired) electrons. The quantitative estimate of drug-likeness (QED) is 0.883. The number of aryl methyl sites for hydroxylation is 1. The summed E-state index contributed by atoms with van der Waals surface area (Å²) in [7, 11) is 1.49. The van der Waals surface area contributed by atoms with Crippen molar-refractivity contribution in [3.63, 3.8) is 0 Å². The molecule has 4 heteroatoms. The first-order valence-electron chi connectivity index (χ1n) is 7.05. The van der Waals surface area contributed by atoms with Crippen molar-refractivity contribution >= 4 is 0 Å². The van der Waals surface area contributed by atoms with E-state index in [1.807, 2.05) is 6.07 Å². The van der Waals surface area contributed by atoms with Gasteiger partial charge >= 0.3 is 0 Å². The van der Waals surface area contributed by atoms with Gasteiger partial charge in [0.1, 0.15) is 0 Å². The first kappa shape index (κ1) is 14.3. The summed E-state index contributed by atoms with van der Waals surface area (Å²) in [5.74, 6) is 0.0568. The molecule has 1 heterocycles. The Labute approximate surface area is 114 Å². The Balaban J connectivity index is 1.77. The second kappa shape index (κ2) is 7.46. The van der Waals surface area contributed by atoms with E-state index in [0.29, 0.717) is 5.75 Å². The summed E-state index contributed by atoms with van der Waals surface area (Å²) in [6.07, 6.45) is 3.22. The molecule has 1 fully saturated rings. The number of nitrogens with one attached hydrogen (secondary N) is 1. The number of benzene rings is 1. The van der Waals surface area contributed by atoms with Crippen LogP contribution in [0.4, 0.5) is 4.39 Å². The van der Waals surface area contributed by atoms with Crippen LogP contribution in [-0.4, -0.2) is 44.7 Å². The topological polar surface area (TPSA) is 24.5 Å². The smallest absolute Gasteiger partial charge is 0.165 e. The fourth-order valence-corrected chi connectivity index (χ4v) is 2.50. The molecule has 0 amide bonds. The van der Waals surface area contributed by atoms with E-state index < -0.39 is 0 Å². The van der Waals surface area contributed by atoms with Gasteiger partial charge in [0.05, 0.1) is 7.11 Å². The molecule has 1 aliphatic rings. The van der Waals surface area contributed by atoms with Gasteiger partial charge in [-0.1, -0.05) is 6.07 Å². The highest BCUT2D eigenvalue weighted by atomic mass is 19.1. The molecule has 3 nitrogen and oxygen atoms in total. The van der Waals surface area contributed by atoms with Crippen molar-refractivity contribution in [2.45, 2.75) is 19.3 Å². The third kappa shape index (κ3) is 4.48. The normalized spacial score (nSPS) is 17.2. The van der Waals surface area contributed by atoms with Crippen molar-refractivity contribution in [3.05, 3.63) is 29.6 Å². The van der Waals surface area contributed by atoms with Gasteiger partial charge in [-0.3, -0.25) is 0 Å². The van der Waals surface area contributed by atoms with Gasteiger partial charge in [-0.25, -0.2) is 4.39 Å². The van der Waals surface area contributed by atoms with Gasteiger partial charge in [0.15, 0.2) is 11.6 Å². The van der Waals surface area contributed by atoms with Gasteiger partial charge < -0.3 is 15.0 Å². The first-order chi connectivity index (χ1) is 9.29. The lowest BCUT2D eigenvalue weighted by Crippen LogP contribution is -2.29. The fourth-order valence-electron chi connectivity index (χ4n) is 2.50. The van der Waals surface area contributed by atoms with Crippen LogP contribution in [0.5, 0.6) is 5.75 Å². The molecule has 0 atom stereocenters. The lowest BCUT2D eigenvalue weighted by atomic mass is 10.1. The number of rotatable bonds is 5. The van der Waals surface area contributed by atoms with Crippen molar-refractivity contribution in [2.24, 2.45) is 0 Å². The van der Waals surface area contributed by atoms with E-state index in [0.717, 1.165) is 44.6 Å². The molecule has 106 valence electrons. The average Bonchev–Trinajstić information content (AvgIpc) is 2.68. The maximum absolute atomic E-state index is 13.5. The third-order valence-electron chi connectivity index (χ3n) is 3.59. The summed E-state index contributed by atoms with van der Waals surface area (Å²) >= 11 is 0. The monoisotopic (exact) mass is 266 g/mol. The van der Waals surface area contributed by atoms with Crippen molar-refractivity contribution in [1.29, 1.82) is 0 Å². The molecular formula is C15H23FN2O. The third-order valence-corrected chi connectivity index (χ3v) is 3.59. The number of hydrogen-bond donors (Lipinski definition) is 1. The summed E-state index contributed by atoms with van der Waals surface area (Å²) in [6.45, 7) is 5.59. The summed E-state index contributed by atoms with van der Waals surface area (Å²) in [5, 5.41) is 3.40. The van der Waals surface area contributed by atoms with Crippen LogP contribution >= 0.6 is 0 Å². The van der Waals surface area contributed by atoms with Gasteiger partial charge in [0.25, 0.3) is 0 Å². The molecule has 0 aliphatic carbocycles. The maximum atomic E-state index is 13.5. The second-order valence-electron chi connectivity index (χ2n) is 5.02. The highest BCUT2D eigenvalue weighted by Crippen LogP contribution is 2.18. The zero-order chi connectivity index (χ0) is 13.5. The zero-order valence-corrected chi connectivity index (χ0v) is 11.6. The van der Waals surface area contributed by atoms with Crippen molar-refractivity contribution in [2.75, 3.05) is 39.8 Å². The summed E-state index contributed by atoms with van der Waals surface area (Å²) < 4.78 is 18.5. The lowest BCUT2D eigenvalue weighted by Gasteiger charge is -2.19. The molecule has 2 rings (SSSR count). The number of hydrogen-bond acceptors (Lipinski definition) is 3. The van der Waals surface area contributed by atoms with E-state index in [9.17, 15) is 4.39 Å². The summed E-state index contributed by atoms with van der Waals surface area (Å²) in [6, 6.07) is 5.25. The van der Waals surface area contributed by atoms with Gasteiger partial charge in [-0.15, -0.1) is 0 Å². The van der Waals surface area contributed by atoms with Crippen LogP contribution in [0, 0.1) is 5.82 Å². The van der Waals surface area contributed by atoms with E-state index in [1.165, 1.54) is 20.1 Å². The van der Waals surface area contributed by atoms with E-state index >= 15 is 0 Å². The van der Waals surface area contributed by atoms with Crippen LogP contribution < -0.4 is 10.1 Å². The number of methoxy groups -OCH3 is 1. The fraction of sp³-hybridized carbons (Fsp3) is 0.600. The Morgan fingerprint density at radius 2 is 2.21 bits per heavy atom. The molecule has 1 aliphatic heterocycles. The highest BCUT2D eigenvalue weighted by molar-refractivity contribution is 5.29. The average molecular weight is 266 g/mol. The van der Waals surface area contributed by atoms with Crippen LogP contribution in [0.25, 0.3) is 0 Å². The summed E-state index contributed by atoms with van der Waals surface area (Å²) in [5.41, 5.74) is 1.05. The lowest BCUT2D eigenvalue weighted by molar-refractivity contribution is 0.289. The Bertz CT molecular complexity index is 390. The molecule has 1 saturated heterocycles. The van der Waals surface area contributed by atoms with E-state index in [4.69, 9.17) is 4.74 Å². The Morgan fingerprint density at radius 1 is 1.32 bits per heavy atom. The second-order valence-corrected chi connectivity index (χ2v) is 5.02. The minimum Gasteiger partial charge on any atom is -0.494 e. The molecule has 0 unspecified atom stereocenters. The number of nitrogens with zero attached hydrogens (tertiary/aromatic N) is 1. The van der Waals surface area contributed by atoms with Crippen molar-refractivity contribution in [3.8, 4) is 5.75 Å². The van der Waals surface area contributed by atoms with Crippen LogP contribution in [0.3, 0.4) is 0 Å². The molecule has 0 spiro atoms. The number of ether oxygens (including phenoxy) is 1. The minimum absolute atomic E-state index is 0.265. The van der Waals surface area contributed by atoms with Gasteiger partial charge in [-0.2, -0.15) is 0 Å². The van der Waals surface area contributed by atoms with Gasteiger partial charge in [-0.05, 0) is 56.6 Å². The molecule has 1 aromatic rings. The predicted molar refractivity (Wildman–Crippen MR) is 75.2 cm³/mol. The molecule has 1 N–H and O–H groups in total. The predicted octanol–water partition coefficient (Wildman–Crippen LogP) is 2.06. The van der Waals surface area contributed by atoms with Gasteiger partial charge in [0.2, 0.25) is 0 Å². The van der Waals surface area contributed by atoms with Gasteiger partial charge in [0, 0.05) is 13.1 Å². The Kier molecular flexibility index (Phi) is 5.61. The molecule has 0 saturated carbocycles. The number of halogens is 1. The van der Waals surface area contributed by atoms with E-state index in [-0.39, 0.29) is 5.82 Å². The van der Waals surface area contributed by atoms with Crippen LogP contribution in [0.1, 0.15) is 18.4 Å². The molecule has 0 bridgehead atoms. The standard InChI is InChI=1S/C15H23FN2O/c1-19-15-6-5-13(12-14(15)16)4-2-9-18-10-3-7-17-8-11-18/h5-6,12,17H,2-4,7-11H2,1H3. The van der Waals surface area contributed by atoms with E-state index in [1.54, 1.807) is 12.1 Å². The van der Waals surface area contributed by atoms with E-state index in [2.05, 4.69) is 10.2 Å². The molecular weight excluding hydrogens is 243 g/mol. The molecule has 19 heavy (non-hydrogen) atoms. The molecule has 0 aromatic heterocycles. The Hall–Kier alpha value is -1.13. The van der Waals surface area contributed by atoms with Crippen LogP contribution in [0.2, 0.25) is 0 Å². The van der Waals surface area contributed by atoms with Crippen molar-refractivity contribution < 1.29 is 9.13 Å². The maximum Gasteiger partial charge on any atom is 0.165 e. The zero-order valence-electron chi connectivity index (χ0n) is 11.6. The highest BCUT2D eigenvalue weighted by Gasteiger charge is 2.08.